The van der Waals surface area contributed by atoms with Crippen molar-refractivity contribution in [2.45, 2.75) is 38.6 Å². The molecule has 0 unspecified atom stereocenters. The van der Waals surface area contributed by atoms with Crippen LogP contribution >= 0.6 is 0 Å². The molecule has 132 valence electrons. The van der Waals surface area contributed by atoms with E-state index in [1.165, 1.54) is 31.4 Å². The Kier molecular flexibility index (Phi) is 4.89. The monoisotopic (exact) mass is 344 g/mol. The van der Waals surface area contributed by atoms with Crippen LogP contribution < -0.4 is 4.74 Å². The van der Waals surface area contributed by atoms with Gasteiger partial charge >= 0.3 is 6.18 Å². The summed E-state index contributed by atoms with van der Waals surface area (Å²) in [6, 6.07) is 5.56. The first-order valence-electron chi connectivity index (χ1n) is 7.42. The van der Waals surface area contributed by atoms with E-state index in [2.05, 4.69) is 5.10 Å². The van der Waals surface area contributed by atoms with Crippen LogP contribution in [0.3, 0.4) is 0 Å². The second kappa shape index (κ2) is 6.43. The molecule has 0 saturated heterocycles. The summed E-state index contributed by atoms with van der Waals surface area (Å²) in [6.45, 7) is 3.65. The van der Waals surface area contributed by atoms with Gasteiger partial charge < -0.3 is 9.84 Å². The molecule has 0 spiro atoms. The number of hydrogen-bond donors (Lipinski definition) is 1. The van der Waals surface area contributed by atoms with Crippen molar-refractivity contribution in [1.29, 1.82) is 0 Å². The Morgan fingerprint density at radius 3 is 2.42 bits per heavy atom. The van der Waals surface area contributed by atoms with E-state index in [-0.39, 0.29) is 28.6 Å². The largest absolute Gasteiger partial charge is 0.497 e. The highest BCUT2D eigenvalue weighted by atomic mass is 19.4. The van der Waals surface area contributed by atoms with Crippen molar-refractivity contribution in [3.63, 3.8) is 0 Å². The number of aliphatic hydroxyl groups is 1. The Morgan fingerprint density at radius 1 is 1.38 bits per heavy atom. The van der Waals surface area contributed by atoms with E-state index >= 15 is 0 Å². The van der Waals surface area contributed by atoms with Crippen LogP contribution in [0.4, 0.5) is 13.2 Å². The zero-order chi connectivity index (χ0) is 18.1. The Hall–Kier alpha value is -2.09. The number of amides is 1. The summed E-state index contributed by atoms with van der Waals surface area (Å²) in [6.07, 6.45) is -5.49. The molecule has 2 rings (SSSR count). The maximum absolute atomic E-state index is 13.4. The minimum absolute atomic E-state index is 0.0204. The van der Waals surface area contributed by atoms with Gasteiger partial charge in [-0.1, -0.05) is 13.8 Å². The third-order valence-electron chi connectivity index (χ3n) is 3.67. The fourth-order valence-corrected chi connectivity index (χ4v) is 2.49. The molecule has 0 aromatic heterocycles. The zero-order valence-corrected chi connectivity index (χ0v) is 13.6. The lowest BCUT2D eigenvalue weighted by Gasteiger charge is -2.32. The molecule has 0 radical (unpaired) electrons. The molecule has 0 fully saturated rings. The molecule has 0 bridgehead atoms. The van der Waals surface area contributed by atoms with Gasteiger partial charge in [0.2, 0.25) is 0 Å². The topological polar surface area (TPSA) is 62.1 Å². The van der Waals surface area contributed by atoms with E-state index in [1.807, 2.05) is 13.8 Å². The Morgan fingerprint density at radius 2 is 1.96 bits per heavy atom. The van der Waals surface area contributed by atoms with E-state index in [0.717, 1.165) is 0 Å². The van der Waals surface area contributed by atoms with Gasteiger partial charge in [-0.2, -0.15) is 23.3 Å². The van der Waals surface area contributed by atoms with E-state index in [9.17, 15) is 23.1 Å². The summed E-state index contributed by atoms with van der Waals surface area (Å²) in [7, 11) is 1.43. The normalized spacial score (nSPS) is 21.2. The minimum Gasteiger partial charge on any atom is -0.497 e. The number of carbonyl (C=O) groups excluding carboxylic acids is 1. The van der Waals surface area contributed by atoms with Crippen LogP contribution in [0.5, 0.6) is 5.75 Å². The lowest BCUT2D eigenvalue weighted by molar-refractivity contribution is -0.297. The number of alkyl halides is 3. The van der Waals surface area contributed by atoms with E-state index in [1.54, 1.807) is 0 Å². The summed E-state index contributed by atoms with van der Waals surface area (Å²) in [5, 5.41) is 14.1. The Balaban J connectivity index is 2.37. The molecule has 24 heavy (non-hydrogen) atoms. The van der Waals surface area contributed by atoms with Crippen molar-refractivity contribution < 1.29 is 27.8 Å². The Bertz CT molecular complexity index is 641. The third kappa shape index (κ3) is 3.38. The molecule has 1 aliphatic heterocycles. The van der Waals surface area contributed by atoms with Gasteiger partial charge in [-0.3, -0.25) is 4.79 Å². The van der Waals surface area contributed by atoms with Crippen molar-refractivity contribution in [3.05, 3.63) is 29.8 Å². The molecule has 1 amide bonds. The van der Waals surface area contributed by atoms with E-state index in [4.69, 9.17) is 4.74 Å². The highest BCUT2D eigenvalue weighted by molar-refractivity contribution is 5.98. The first-order valence-corrected chi connectivity index (χ1v) is 7.42. The van der Waals surface area contributed by atoms with Gasteiger partial charge in [0.1, 0.15) is 5.75 Å². The molecule has 5 nitrogen and oxygen atoms in total. The first-order chi connectivity index (χ1) is 11.1. The Labute approximate surface area is 137 Å². The van der Waals surface area contributed by atoms with E-state index in [0.29, 0.717) is 5.75 Å². The predicted octanol–water partition coefficient (Wildman–Crippen LogP) is 3.19. The lowest BCUT2D eigenvalue weighted by atomic mass is 9.99. The van der Waals surface area contributed by atoms with Gasteiger partial charge in [0.25, 0.3) is 11.6 Å². The number of nitrogens with zero attached hydrogens (tertiary/aromatic N) is 2. The molecular formula is C16H19F3N2O3. The van der Waals surface area contributed by atoms with Crippen LogP contribution in [0.25, 0.3) is 0 Å². The molecular weight excluding hydrogens is 325 g/mol. The molecule has 1 heterocycles. The van der Waals surface area contributed by atoms with E-state index < -0.39 is 24.2 Å². The molecule has 0 aliphatic carbocycles. The van der Waals surface area contributed by atoms with Gasteiger partial charge in [-0.25, -0.2) is 0 Å². The minimum atomic E-state index is -5.02. The number of benzene rings is 1. The SMILES string of the molecule is COc1ccc(C(=O)N2N=C(CC(C)C)C[C@@]2(O)C(F)(F)F)cc1. The molecule has 8 heteroatoms. The summed E-state index contributed by atoms with van der Waals surface area (Å²) in [4.78, 5) is 12.5. The second-order valence-electron chi connectivity index (χ2n) is 6.10. The maximum Gasteiger partial charge on any atom is 0.438 e. The van der Waals surface area contributed by atoms with Crippen LogP contribution in [-0.4, -0.2) is 40.7 Å². The molecule has 1 N–H and O–H groups in total. The molecule has 0 saturated carbocycles. The average molecular weight is 344 g/mol. The van der Waals surface area contributed by atoms with Crippen LogP contribution in [0.2, 0.25) is 0 Å². The molecule has 1 aromatic carbocycles. The highest BCUT2D eigenvalue weighted by Gasteiger charge is 2.63. The van der Waals surface area contributed by atoms with Crippen LogP contribution in [0, 0.1) is 5.92 Å². The van der Waals surface area contributed by atoms with Gasteiger partial charge in [-0.05, 0) is 36.6 Å². The van der Waals surface area contributed by atoms with Crippen molar-refractivity contribution in [3.8, 4) is 5.75 Å². The van der Waals surface area contributed by atoms with Crippen LogP contribution in [0.1, 0.15) is 37.0 Å². The summed E-state index contributed by atoms with van der Waals surface area (Å²) >= 11 is 0. The number of hydrazone groups is 1. The molecule has 1 atom stereocenters. The number of carbonyl (C=O) groups is 1. The fraction of sp³-hybridized carbons (Fsp3) is 0.500. The highest BCUT2D eigenvalue weighted by Crippen LogP contribution is 2.41. The fourth-order valence-electron chi connectivity index (χ4n) is 2.49. The van der Waals surface area contributed by atoms with Gasteiger partial charge in [-0.15, -0.1) is 0 Å². The summed E-state index contributed by atoms with van der Waals surface area (Å²) in [5.74, 6) is -0.503. The van der Waals surface area contributed by atoms with Crippen molar-refractivity contribution in [1.82, 2.24) is 5.01 Å². The summed E-state index contributed by atoms with van der Waals surface area (Å²) in [5.41, 5.74) is -3.20. The second-order valence-corrected chi connectivity index (χ2v) is 6.10. The quantitative estimate of drug-likeness (QED) is 0.912. The van der Waals surface area contributed by atoms with Crippen molar-refractivity contribution in [2.24, 2.45) is 11.0 Å². The molecule has 1 aromatic rings. The standard InChI is InChI=1S/C16H19F3N2O3/c1-10(2)8-12-9-15(23,16(17,18)19)21(20-12)14(22)11-4-6-13(24-3)7-5-11/h4-7,10,23H,8-9H2,1-3H3/t15-/m1/s1. The van der Waals surface area contributed by atoms with Gasteiger partial charge in [0, 0.05) is 17.7 Å². The van der Waals surface area contributed by atoms with Gasteiger partial charge in [0.15, 0.2) is 0 Å². The van der Waals surface area contributed by atoms with Crippen LogP contribution in [0.15, 0.2) is 29.4 Å². The molecule has 1 aliphatic rings. The number of rotatable bonds is 4. The predicted molar refractivity (Wildman–Crippen MR) is 81.7 cm³/mol. The average Bonchev–Trinajstić information content (AvgIpc) is 2.83. The zero-order valence-electron chi connectivity index (χ0n) is 13.6. The number of halogens is 3. The summed E-state index contributed by atoms with van der Waals surface area (Å²) < 4.78 is 45.0. The number of ether oxygens (including phenoxy) is 1. The van der Waals surface area contributed by atoms with Crippen molar-refractivity contribution >= 4 is 11.6 Å². The maximum atomic E-state index is 13.4. The van der Waals surface area contributed by atoms with Gasteiger partial charge in [0.05, 0.1) is 7.11 Å². The third-order valence-corrected chi connectivity index (χ3v) is 3.67. The van der Waals surface area contributed by atoms with Crippen LogP contribution in [-0.2, 0) is 0 Å². The van der Waals surface area contributed by atoms with Crippen molar-refractivity contribution in [2.75, 3.05) is 7.11 Å². The first kappa shape index (κ1) is 18.3. The smallest absolute Gasteiger partial charge is 0.438 e. The lowest BCUT2D eigenvalue weighted by Crippen LogP contribution is -2.56. The number of hydrogen-bond acceptors (Lipinski definition) is 4. The number of methoxy groups -OCH3 is 1.